The summed E-state index contributed by atoms with van der Waals surface area (Å²) in [6.07, 6.45) is 6.78. The normalized spacial score (nSPS) is 21.3. The Morgan fingerprint density at radius 2 is 1.47 bits per heavy atom. The summed E-state index contributed by atoms with van der Waals surface area (Å²) in [7, 11) is -3.16. The van der Waals surface area contributed by atoms with E-state index in [1.54, 1.807) is 20.8 Å². The van der Waals surface area contributed by atoms with Crippen LogP contribution in [0.5, 0.6) is 0 Å². The topological polar surface area (TPSA) is 46.2 Å². The monoisotopic (exact) mass is 233 g/mol. The van der Waals surface area contributed by atoms with Gasteiger partial charge in [0, 0.05) is 6.04 Å². The number of hydrogen-bond donors (Lipinski definition) is 1. The molecule has 0 aromatic carbocycles. The maximum Gasteiger partial charge on any atom is 0.216 e. The van der Waals surface area contributed by atoms with E-state index >= 15 is 0 Å². The minimum Gasteiger partial charge on any atom is -0.212 e. The Morgan fingerprint density at radius 3 is 1.87 bits per heavy atom. The average molecular weight is 233 g/mol. The zero-order valence-electron chi connectivity index (χ0n) is 10.0. The predicted molar refractivity (Wildman–Crippen MR) is 63.3 cm³/mol. The molecule has 0 aromatic heterocycles. The van der Waals surface area contributed by atoms with Crippen molar-refractivity contribution in [3.05, 3.63) is 0 Å². The van der Waals surface area contributed by atoms with Crippen LogP contribution < -0.4 is 4.72 Å². The molecule has 0 unspecified atom stereocenters. The van der Waals surface area contributed by atoms with Gasteiger partial charge in [-0.1, -0.05) is 25.7 Å². The Kier molecular flexibility index (Phi) is 4.18. The van der Waals surface area contributed by atoms with Crippen LogP contribution in [0.25, 0.3) is 0 Å². The fraction of sp³-hybridized carbons (Fsp3) is 1.00. The van der Waals surface area contributed by atoms with Crippen LogP contribution >= 0.6 is 0 Å². The fourth-order valence-corrected chi connectivity index (χ4v) is 2.82. The van der Waals surface area contributed by atoms with Crippen LogP contribution in [0.4, 0.5) is 0 Å². The number of sulfonamides is 1. The Labute approximate surface area is 93.7 Å². The largest absolute Gasteiger partial charge is 0.216 e. The van der Waals surface area contributed by atoms with Gasteiger partial charge in [-0.2, -0.15) is 0 Å². The number of nitrogens with one attached hydrogen (secondary N) is 1. The lowest BCUT2D eigenvalue weighted by atomic mass is 10.1. The molecule has 1 rings (SSSR count). The molecule has 4 heteroatoms. The van der Waals surface area contributed by atoms with Gasteiger partial charge in [0.05, 0.1) is 4.75 Å². The summed E-state index contributed by atoms with van der Waals surface area (Å²) < 4.78 is 26.0. The van der Waals surface area contributed by atoms with Crippen LogP contribution in [0.15, 0.2) is 0 Å². The highest BCUT2D eigenvalue weighted by molar-refractivity contribution is 7.90. The smallest absolute Gasteiger partial charge is 0.212 e. The summed E-state index contributed by atoms with van der Waals surface area (Å²) in [6, 6.07) is 0.164. The van der Waals surface area contributed by atoms with Gasteiger partial charge in [0.1, 0.15) is 0 Å². The molecule has 3 nitrogen and oxygen atoms in total. The minimum absolute atomic E-state index is 0.164. The third kappa shape index (κ3) is 3.76. The SMILES string of the molecule is CC(C)(C)S(=O)(=O)NC1CCCCCC1. The number of rotatable bonds is 2. The van der Waals surface area contributed by atoms with Crippen LogP contribution in [0.3, 0.4) is 0 Å². The third-order valence-electron chi connectivity index (χ3n) is 2.98. The van der Waals surface area contributed by atoms with E-state index in [1.807, 2.05) is 0 Å². The first-order valence-electron chi connectivity index (χ1n) is 5.85. The fourth-order valence-electron chi connectivity index (χ4n) is 1.79. The van der Waals surface area contributed by atoms with E-state index in [-0.39, 0.29) is 6.04 Å². The van der Waals surface area contributed by atoms with Crippen LogP contribution in [0, 0.1) is 0 Å². The third-order valence-corrected chi connectivity index (χ3v) is 5.24. The highest BCUT2D eigenvalue weighted by Crippen LogP contribution is 2.21. The van der Waals surface area contributed by atoms with Crippen molar-refractivity contribution in [2.45, 2.75) is 70.1 Å². The van der Waals surface area contributed by atoms with E-state index in [0.29, 0.717) is 0 Å². The molecule has 0 heterocycles. The molecule has 90 valence electrons. The molecule has 1 fully saturated rings. The predicted octanol–water partition coefficient (Wildman–Crippen LogP) is 2.43. The van der Waals surface area contributed by atoms with Crippen molar-refractivity contribution in [3.63, 3.8) is 0 Å². The summed E-state index contributed by atoms with van der Waals surface area (Å²) in [5, 5.41) is 0. The maximum atomic E-state index is 11.9. The van der Waals surface area contributed by atoms with Gasteiger partial charge in [0.25, 0.3) is 0 Å². The van der Waals surface area contributed by atoms with Crippen LogP contribution in [0.2, 0.25) is 0 Å². The van der Waals surface area contributed by atoms with Crippen molar-refractivity contribution in [1.82, 2.24) is 4.72 Å². The van der Waals surface area contributed by atoms with Crippen molar-refractivity contribution >= 4 is 10.0 Å². The molecule has 1 saturated carbocycles. The summed E-state index contributed by atoms with van der Waals surface area (Å²) in [5.41, 5.74) is 0. The zero-order valence-corrected chi connectivity index (χ0v) is 10.9. The second kappa shape index (κ2) is 4.83. The van der Waals surface area contributed by atoms with E-state index in [4.69, 9.17) is 0 Å². The molecule has 0 amide bonds. The molecule has 1 aliphatic carbocycles. The zero-order chi connectivity index (χ0) is 11.5. The lowest BCUT2D eigenvalue weighted by Crippen LogP contribution is -2.44. The Balaban J connectivity index is 2.60. The number of hydrogen-bond acceptors (Lipinski definition) is 2. The van der Waals surface area contributed by atoms with Gasteiger partial charge in [0.15, 0.2) is 0 Å². The van der Waals surface area contributed by atoms with Crippen molar-refractivity contribution < 1.29 is 8.42 Å². The van der Waals surface area contributed by atoms with E-state index in [0.717, 1.165) is 25.7 Å². The van der Waals surface area contributed by atoms with E-state index in [9.17, 15) is 8.42 Å². The van der Waals surface area contributed by atoms with E-state index in [1.165, 1.54) is 12.8 Å². The summed E-state index contributed by atoms with van der Waals surface area (Å²) in [5.74, 6) is 0. The lowest BCUT2D eigenvalue weighted by Gasteiger charge is -2.24. The van der Waals surface area contributed by atoms with Gasteiger partial charge in [-0.15, -0.1) is 0 Å². The molecule has 1 N–H and O–H groups in total. The summed E-state index contributed by atoms with van der Waals surface area (Å²) >= 11 is 0. The average Bonchev–Trinajstić information content (AvgIpc) is 2.30. The highest BCUT2D eigenvalue weighted by atomic mass is 32.2. The highest BCUT2D eigenvalue weighted by Gasteiger charge is 2.31. The Hall–Kier alpha value is -0.0900. The molecular weight excluding hydrogens is 210 g/mol. The second-order valence-corrected chi connectivity index (χ2v) is 7.89. The van der Waals surface area contributed by atoms with Crippen LogP contribution in [0.1, 0.15) is 59.3 Å². The molecule has 0 spiro atoms. The van der Waals surface area contributed by atoms with Crippen LogP contribution in [-0.4, -0.2) is 19.2 Å². The molecular formula is C11H23NO2S. The summed E-state index contributed by atoms with van der Waals surface area (Å²) in [6.45, 7) is 5.23. The Morgan fingerprint density at radius 1 is 1.00 bits per heavy atom. The van der Waals surface area contributed by atoms with Crippen molar-refractivity contribution in [2.24, 2.45) is 0 Å². The first-order valence-corrected chi connectivity index (χ1v) is 7.33. The first kappa shape index (κ1) is 13.0. The van der Waals surface area contributed by atoms with Gasteiger partial charge < -0.3 is 0 Å². The molecule has 0 saturated heterocycles. The van der Waals surface area contributed by atoms with E-state index < -0.39 is 14.8 Å². The first-order chi connectivity index (χ1) is 6.83. The van der Waals surface area contributed by atoms with Crippen molar-refractivity contribution in [3.8, 4) is 0 Å². The van der Waals surface area contributed by atoms with E-state index in [2.05, 4.69) is 4.72 Å². The molecule has 0 aliphatic heterocycles. The van der Waals surface area contributed by atoms with Gasteiger partial charge in [-0.3, -0.25) is 0 Å². The minimum atomic E-state index is -3.16. The van der Waals surface area contributed by atoms with Gasteiger partial charge in [0.2, 0.25) is 10.0 Å². The van der Waals surface area contributed by atoms with Gasteiger partial charge in [-0.25, -0.2) is 13.1 Å². The van der Waals surface area contributed by atoms with Crippen LogP contribution in [-0.2, 0) is 10.0 Å². The maximum absolute atomic E-state index is 11.9. The summed E-state index contributed by atoms with van der Waals surface area (Å²) in [4.78, 5) is 0. The van der Waals surface area contributed by atoms with Gasteiger partial charge in [-0.05, 0) is 33.6 Å². The molecule has 0 radical (unpaired) electrons. The standard InChI is InChI=1S/C11H23NO2S/c1-11(2,3)15(13,14)12-10-8-6-4-5-7-9-10/h10,12H,4-9H2,1-3H3. The second-order valence-electron chi connectivity index (χ2n) is 5.42. The van der Waals surface area contributed by atoms with Crippen molar-refractivity contribution in [1.29, 1.82) is 0 Å². The molecule has 0 bridgehead atoms. The quantitative estimate of drug-likeness (QED) is 0.745. The molecule has 15 heavy (non-hydrogen) atoms. The molecule has 0 aromatic rings. The Bertz CT molecular complexity index is 282. The van der Waals surface area contributed by atoms with Crippen molar-refractivity contribution in [2.75, 3.05) is 0 Å². The lowest BCUT2D eigenvalue weighted by molar-refractivity contribution is 0.491. The van der Waals surface area contributed by atoms with Gasteiger partial charge >= 0.3 is 0 Å². The molecule has 1 aliphatic rings. The molecule has 0 atom stereocenters.